The van der Waals surface area contributed by atoms with Gasteiger partial charge >= 0.3 is 5.97 Å². The molecule has 1 aromatic carbocycles. The first-order valence-electron chi connectivity index (χ1n) is 4.97. The summed E-state index contributed by atoms with van der Waals surface area (Å²) in [6, 6.07) is 8.45. The lowest BCUT2D eigenvalue weighted by Crippen LogP contribution is -2.18. The topological polar surface area (TPSA) is 38.7 Å². The molecule has 0 N–H and O–H groups in total. The number of ether oxygens (including phenoxy) is 1. The van der Waals surface area contributed by atoms with E-state index in [0.29, 0.717) is 0 Å². The van der Waals surface area contributed by atoms with Gasteiger partial charge in [0.15, 0.2) is 6.04 Å². The summed E-state index contributed by atoms with van der Waals surface area (Å²) >= 11 is 4.54. The predicted octanol–water partition coefficient (Wildman–Crippen LogP) is 2.78. The van der Waals surface area contributed by atoms with Gasteiger partial charge in [-0.05, 0) is 31.6 Å². The van der Waals surface area contributed by atoms with Crippen LogP contribution in [-0.2, 0) is 9.53 Å². The molecule has 1 unspecified atom stereocenters. The van der Waals surface area contributed by atoms with Crippen LogP contribution in [0, 0.1) is 0 Å². The Labute approximate surface area is 100 Å². The van der Waals surface area contributed by atoms with Crippen molar-refractivity contribution in [2.75, 3.05) is 0 Å². The number of carbonyl (C=O) groups excluding carboxylic acids is 1. The van der Waals surface area contributed by atoms with E-state index in [2.05, 4.69) is 22.4 Å². The quantitative estimate of drug-likeness (QED) is 0.457. The summed E-state index contributed by atoms with van der Waals surface area (Å²) in [4.78, 5) is 15.6. The summed E-state index contributed by atoms with van der Waals surface area (Å²) < 4.78 is 5.10. The molecule has 0 aliphatic rings. The normalized spacial score (nSPS) is 11.7. The maximum absolute atomic E-state index is 11.7. The van der Waals surface area contributed by atoms with Crippen LogP contribution >= 0.6 is 12.2 Å². The van der Waals surface area contributed by atoms with Gasteiger partial charge in [0, 0.05) is 0 Å². The van der Waals surface area contributed by atoms with E-state index in [1.165, 1.54) is 0 Å². The van der Waals surface area contributed by atoms with Crippen LogP contribution in [0.3, 0.4) is 0 Å². The predicted molar refractivity (Wildman–Crippen MR) is 65.4 cm³/mol. The first-order valence-corrected chi connectivity index (χ1v) is 5.38. The summed E-state index contributed by atoms with van der Waals surface area (Å²) in [6.07, 6.45) is -0.168. The monoisotopic (exact) mass is 235 g/mol. The molecule has 0 amide bonds. The maximum atomic E-state index is 11.7. The molecule has 1 rings (SSSR count). The maximum Gasteiger partial charge on any atom is 0.336 e. The summed E-state index contributed by atoms with van der Waals surface area (Å²) in [6.45, 7) is 3.59. The van der Waals surface area contributed by atoms with Gasteiger partial charge in [-0.1, -0.05) is 30.3 Å². The third-order valence-corrected chi connectivity index (χ3v) is 1.98. The van der Waals surface area contributed by atoms with E-state index >= 15 is 0 Å². The lowest BCUT2D eigenvalue weighted by Gasteiger charge is -2.13. The molecule has 0 radical (unpaired) electrons. The Hall–Kier alpha value is -1.51. The number of thiocarbonyl (C=S) groups is 1. The van der Waals surface area contributed by atoms with E-state index in [1.807, 2.05) is 30.3 Å². The Kier molecular flexibility index (Phi) is 4.83. The highest BCUT2D eigenvalue weighted by atomic mass is 32.1. The van der Waals surface area contributed by atoms with Gasteiger partial charge in [-0.3, -0.25) is 0 Å². The number of benzene rings is 1. The molecule has 1 aromatic rings. The molecule has 84 valence electrons. The van der Waals surface area contributed by atoms with Crippen molar-refractivity contribution in [2.45, 2.75) is 26.0 Å². The number of aliphatic imine (C=N–C) groups is 1. The van der Waals surface area contributed by atoms with Crippen molar-refractivity contribution in [2.24, 2.45) is 4.99 Å². The molecule has 0 aliphatic carbocycles. The van der Waals surface area contributed by atoms with Gasteiger partial charge in [-0.25, -0.2) is 9.79 Å². The zero-order valence-electron chi connectivity index (χ0n) is 9.21. The molecule has 1 atom stereocenters. The largest absolute Gasteiger partial charge is 0.461 e. The molecular weight excluding hydrogens is 222 g/mol. The van der Waals surface area contributed by atoms with E-state index < -0.39 is 12.0 Å². The van der Waals surface area contributed by atoms with Gasteiger partial charge in [0.05, 0.1) is 11.3 Å². The van der Waals surface area contributed by atoms with Crippen molar-refractivity contribution < 1.29 is 9.53 Å². The Morgan fingerprint density at radius 1 is 1.38 bits per heavy atom. The minimum atomic E-state index is -0.707. The zero-order valence-corrected chi connectivity index (χ0v) is 10.0. The molecule has 0 fully saturated rings. The average Bonchev–Trinajstić information content (AvgIpc) is 2.26. The number of hydrogen-bond acceptors (Lipinski definition) is 4. The molecule has 0 bridgehead atoms. The number of rotatable bonds is 4. The average molecular weight is 235 g/mol. The minimum absolute atomic E-state index is 0.168. The SMILES string of the molecule is CC(C)OC(=O)C(N=C=S)c1ccccc1. The number of nitrogens with zero attached hydrogens (tertiary/aromatic N) is 1. The highest BCUT2D eigenvalue weighted by Crippen LogP contribution is 2.18. The van der Waals surface area contributed by atoms with Crippen LogP contribution in [0.25, 0.3) is 0 Å². The third-order valence-electron chi connectivity index (χ3n) is 1.87. The molecule has 4 heteroatoms. The smallest absolute Gasteiger partial charge is 0.336 e. The number of isothiocyanates is 1. The number of carbonyl (C=O) groups is 1. The van der Waals surface area contributed by atoms with Gasteiger partial charge in [-0.2, -0.15) is 0 Å². The van der Waals surface area contributed by atoms with Crippen molar-refractivity contribution in [3.63, 3.8) is 0 Å². The summed E-state index contributed by atoms with van der Waals surface area (Å²) in [7, 11) is 0. The van der Waals surface area contributed by atoms with Crippen molar-refractivity contribution >= 4 is 23.3 Å². The minimum Gasteiger partial charge on any atom is -0.461 e. The Balaban J connectivity index is 2.92. The van der Waals surface area contributed by atoms with Crippen LogP contribution in [0.2, 0.25) is 0 Å². The molecule has 3 nitrogen and oxygen atoms in total. The van der Waals surface area contributed by atoms with E-state index in [9.17, 15) is 4.79 Å². The van der Waals surface area contributed by atoms with Crippen LogP contribution in [0.4, 0.5) is 0 Å². The summed E-state index contributed by atoms with van der Waals surface area (Å²) in [5, 5.41) is 2.23. The number of esters is 1. The van der Waals surface area contributed by atoms with Crippen LogP contribution < -0.4 is 0 Å². The Morgan fingerprint density at radius 3 is 2.50 bits per heavy atom. The highest BCUT2D eigenvalue weighted by molar-refractivity contribution is 7.78. The number of hydrogen-bond donors (Lipinski definition) is 0. The molecule has 0 aromatic heterocycles. The van der Waals surface area contributed by atoms with Crippen LogP contribution in [0.15, 0.2) is 35.3 Å². The first kappa shape index (κ1) is 12.6. The van der Waals surface area contributed by atoms with Gasteiger partial charge in [0.1, 0.15) is 0 Å². The van der Waals surface area contributed by atoms with Crippen LogP contribution in [0.5, 0.6) is 0 Å². The molecule has 0 saturated carbocycles. The molecule has 0 heterocycles. The van der Waals surface area contributed by atoms with E-state index in [1.54, 1.807) is 13.8 Å². The zero-order chi connectivity index (χ0) is 12.0. The van der Waals surface area contributed by atoms with Gasteiger partial charge in [-0.15, -0.1) is 0 Å². The summed E-state index contributed by atoms with van der Waals surface area (Å²) in [5.41, 5.74) is 0.755. The second kappa shape index (κ2) is 6.16. The lowest BCUT2D eigenvalue weighted by atomic mass is 10.1. The van der Waals surface area contributed by atoms with E-state index in [4.69, 9.17) is 4.74 Å². The molecular formula is C12H13NO2S. The summed E-state index contributed by atoms with van der Waals surface area (Å²) in [5.74, 6) is -0.404. The molecule has 0 spiro atoms. The first-order chi connectivity index (χ1) is 7.65. The van der Waals surface area contributed by atoms with Crippen LogP contribution in [0.1, 0.15) is 25.5 Å². The van der Waals surface area contributed by atoms with Crippen molar-refractivity contribution in [3.05, 3.63) is 35.9 Å². The molecule has 0 aliphatic heterocycles. The van der Waals surface area contributed by atoms with E-state index in [-0.39, 0.29) is 6.10 Å². The fourth-order valence-electron chi connectivity index (χ4n) is 1.25. The van der Waals surface area contributed by atoms with Crippen molar-refractivity contribution in [1.82, 2.24) is 0 Å². The van der Waals surface area contributed by atoms with Crippen molar-refractivity contribution in [3.8, 4) is 0 Å². The molecule has 0 saturated heterocycles. The fourth-order valence-corrected chi connectivity index (χ4v) is 1.35. The van der Waals surface area contributed by atoms with Crippen molar-refractivity contribution in [1.29, 1.82) is 0 Å². The van der Waals surface area contributed by atoms with Crippen LogP contribution in [-0.4, -0.2) is 17.2 Å². The van der Waals surface area contributed by atoms with Gasteiger partial charge in [0.25, 0.3) is 0 Å². The third kappa shape index (κ3) is 3.57. The second-order valence-electron chi connectivity index (χ2n) is 3.52. The van der Waals surface area contributed by atoms with Gasteiger partial charge in [0.2, 0.25) is 0 Å². The standard InChI is InChI=1S/C12H13NO2S/c1-9(2)15-12(14)11(13-8-16)10-6-4-3-5-7-10/h3-7,9,11H,1-2H3. The van der Waals surface area contributed by atoms with E-state index in [0.717, 1.165) is 5.56 Å². The Bertz CT molecular complexity index is 397. The fraction of sp³-hybridized carbons (Fsp3) is 0.333. The second-order valence-corrected chi connectivity index (χ2v) is 3.70. The lowest BCUT2D eigenvalue weighted by molar-refractivity contribution is -0.149. The highest BCUT2D eigenvalue weighted by Gasteiger charge is 2.21. The van der Waals surface area contributed by atoms with Gasteiger partial charge < -0.3 is 4.74 Å². The Morgan fingerprint density at radius 2 is 2.00 bits per heavy atom. The molecule has 16 heavy (non-hydrogen) atoms.